The Bertz CT molecular complexity index is 389. The van der Waals surface area contributed by atoms with Gasteiger partial charge in [0.15, 0.2) is 5.84 Å². The molecule has 0 fully saturated rings. The zero-order valence-corrected chi connectivity index (χ0v) is 9.90. The highest BCUT2D eigenvalue weighted by Gasteiger charge is 2.06. The molecule has 16 heavy (non-hydrogen) atoms. The van der Waals surface area contributed by atoms with Gasteiger partial charge in [-0.05, 0) is 44.0 Å². The summed E-state index contributed by atoms with van der Waals surface area (Å²) in [5, 5.41) is 11.6. The van der Waals surface area contributed by atoms with Crippen LogP contribution in [0.3, 0.4) is 0 Å². The zero-order valence-electron chi connectivity index (χ0n) is 9.90. The summed E-state index contributed by atoms with van der Waals surface area (Å²) in [7, 11) is 0. The molecule has 0 aliphatic heterocycles. The van der Waals surface area contributed by atoms with Crippen LogP contribution in [0.15, 0.2) is 23.4 Å². The van der Waals surface area contributed by atoms with Crippen LogP contribution in [-0.4, -0.2) is 17.1 Å². The van der Waals surface area contributed by atoms with E-state index in [4.69, 9.17) is 15.7 Å². The molecule has 4 nitrogen and oxygen atoms in total. The van der Waals surface area contributed by atoms with Crippen LogP contribution in [0.5, 0.6) is 5.75 Å². The van der Waals surface area contributed by atoms with E-state index in [0.717, 1.165) is 23.3 Å². The number of ether oxygens (including phenoxy) is 1. The van der Waals surface area contributed by atoms with Gasteiger partial charge in [0.2, 0.25) is 0 Å². The third-order valence-corrected chi connectivity index (χ3v) is 2.49. The van der Waals surface area contributed by atoms with Gasteiger partial charge in [-0.25, -0.2) is 0 Å². The number of benzene rings is 1. The first-order valence-electron chi connectivity index (χ1n) is 5.33. The van der Waals surface area contributed by atoms with E-state index >= 15 is 0 Å². The van der Waals surface area contributed by atoms with Crippen molar-refractivity contribution in [3.05, 3.63) is 29.3 Å². The number of rotatable bonds is 4. The minimum Gasteiger partial charge on any atom is -0.491 e. The predicted molar refractivity (Wildman–Crippen MR) is 64.1 cm³/mol. The van der Waals surface area contributed by atoms with Crippen molar-refractivity contribution in [2.45, 2.75) is 33.3 Å². The number of amidine groups is 1. The third kappa shape index (κ3) is 2.89. The van der Waals surface area contributed by atoms with Gasteiger partial charge in [0.05, 0.1) is 6.10 Å². The summed E-state index contributed by atoms with van der Waals surface area (Å²) in [6.45, 7) is 5.99. The maximum atomic E-state index is 8.60. The molecular formula is C12H18N2O2. The highest BCUT2D eigenvalue weighted by atomic mass is 16.5. The van der Waals surface area contributed by atoms with Crippen molar-refractivity contribution in [3.8, 4) is 5.75 Å². The van der Waals surface area contributed by atoms with Gasteiger partial charge in [-0.3, -0.25) is 0 Å². The molecule has 0 aliphatic rings. The highest BCUT2D eigenvalue weighted by molar-refractivity contribution is 5.98. The van der Waals surface area contributed by atoms with Crippen molar-refractivity contribution >= 4 is 5.84 Å². The lowest BCUT2D eigenvalue weighted by molar-refractivity contribution is 0.217. The molecule has 0 saturated heterocycles. The Morgan fingerprint density at radius 2 is 2.25 bits per heavy atom. The van der Waals surface area contributed by atoms with E-state index in [1.165, 1.54) is 0 Å². The van der Waals surface area contributed by atoms with Crippen LogP contribution in [0.2, 0.25) is 0 Å². The Morgan fingerprint density at radius 1 is 1.56 bits per heavy atom. The van der Waals surface area contributed by atoms with Gasteiger partial charge in [-0.1, -0.05) is 12.1 Å². The molecule has 4 heteroatoms. The fourth-order valence-electron chi connectivity index (χ4n) is 1.37. The fourth-order valence-corrected chi connectivity index (χ4v) is 1.37. The van der Waals surface area contributed by atoms with Crippen molar-refractivity contribution in [1.82, 2.24) is 0 Å². The molecule has 0 bridgehead atoms. The van der Waals surface area contributed by atoms with Crippen LogP contribution < -0.4 is 10.5 Å². The molecule has 1 aromatic carbocycles. The van der Waals surface area contributed by atoms with Crippen LogP contribution in [0.4, 0.5) is 0 Å². The lowest BCUT2D eigenvalue weighted by Crippen LogP contribution is -2.15. The maximum Gasteiger partial charge on any atom is 0.170 e. The Morgan fingerprint density at radius 3 is 2.75 bits per heavy atom. The molecular weight excluding hydrogens is 204 g/mol. The third-order valence-electron chi connectivity index (χ3n) is 2.49. The van der Waals surface area contributed by atoms with E-state index in [1.807, 2.05) is 26.0 Å². The quantitative estimate of drug-likeness (QED) is 0.355. The Balaban J connectivity index is 2.91. The molecule has 0 aliphatic carbocycles. The summed E-state index contributed by atoms with van der Waals surface area (Å²) in [5.74, 6) is 0.925. The summed E-state index contributed by atoms with van der Waals surface area (Å²) >= 11 is 0. The first-order chi connectivity index (χ1) is 7.58. The molecule has 88 valence electrons. The van der Waals surface area contributed by atoms with Crippen molar-refractivity contribution < 1.29 is 9.94 Å². The molecule has 1 aromatic rings. The van der Waals surface area contributed by atoms with E-state index in [2.05, 4.69) is 12.1 Å². The number of nitrogens with two attached hydrogens (primary N) is 1. The number of oxime groups is 1. The molecule has 0 spiro atoms. The summed E-state index contributed by atoms with van der Waals surface area (Å²) < 4.78 is 5.67. The Kier molecular flexibility index (Phi) is 4.17. The first kappa shape index (κ1) is 12.4. The maximum absolute atomic E-state index is 8.60. The molecule has 0 aromatic heterocycles. The minimum atomic E-state index is 0.118. The molecule has 1 atom stereocenters. The van der Waals surface area contributed by atoms with Gasteiger partial charge in [0.25, 0.3) is 0 Å². The summed E-state index contributed by atoms with van der Waals surface area (Å²) in [6, 6.07) is 5.51. The topological polar surface area (TPSA) is 67.8 Å². The largest absolute Gasteiger partial charge is 0.491 e. The number of aryl methyl sites for hydroxylation is 1. The van der Waals surface area contributed by atoms with E-state index in [9.17, 15) is 0 Å². The lowest BCUT2D eigenvalue weighted by Gasteiger charge is -2.14. The van der Waals surface area contributed by atoms with E-state index < -0.39 is 0 Å². The van der Waals surface area contributed by atoms with Crippen molar-refractivity contribution in [2.75, 3.05) is 0 Å². The fraction of sp³-hybridized carbons (Fsp3) is 0.417. The summed E-state index contributed by atoms with van der Waals surface area (Å²) in [5.41, 5.74) is 7.18. The molecule has 1 rings (SSSR count). The highest BCUT2D eigenvalue weighted by Crippen LogP contribution is 2.18. The molecule has 3 N–H and O–H groups in total. The summed E-state index contributed by atoms with van der Waals surface area (Å²) in [4.78, 5) is 0. The Labute approximate surface area is 95.7 Å². The van der Waals surface area contributed by atoms with Crippen LogP contribution >= 0.6 is 0 Å². The van der Waals surface area contributed by atoms with E-state index in [0.29, 0.717) is 0 Å². The second-order valence-electron chi connectivity index (χ2n) is 3.80. The SMILES string of the molecule is CCC(C)Oc1ccc(/C(N)=N/O)c(C)c1. The number of nitrogens with zero attached hydrogens (tertiary/aromatic N) is 1. The lowest BCUT2D eigenvalue weighted by atomic mass is 10.1. The van der Waals surface area contributed by atoms with Crippen molar-refractivity contribution in [1.29, 1.82) is 0 Å². The van der Waals surface area contributed by atoms with E-state index in [-0.39, 0.29) is 11.9 Å². The van der Waals surface area contributed by atoms with Crippen LogP contribution in [0.1, 0.15) is 31.4 Å². The number of hydrogen-bond acceptors (Lipinski definition) is 3. The van der Waals surface area contributed by atoms with Crippen molar-refractivity contribution in [2.24, 2.45) is 10.9 Å². The van der Waals surface area contributed by atoms with Crippen LogP contribution in [0.25, 0.3) is 0 Å². The van der Waals surface area contributed by atoms with Gasteiger partial charge in [0, 0.05) is 5.56 Å². The van der Waals surface area contributed by atoms with Gasteiger partial charge in [-0.2, -0.15) is 0 Å². The molecule has 0 radical (unpaired) electrons. The first-order valence-corrected chi connectivity index (χ1v) is 5.33. The monoisotopic (exact) mass is 222 g/mol. The summed E-state index contributed by atoms with van der Waals surface area (Å²) in [6.07, 6.45) is 1.15. The zero-order chi connectivity index (χ0) is 12.1. The average Bonchev–Trinajstić information content (AvgIpc) is 2.28. The van der Waals surface area contributed by atoms with Gasteiger partial charge < -0.3 is 15.7 Å². The Hall–Kier alpha value is -1.71. The van der Waals surface area contributed by atoms with Gasteiger partial charge in [-0.15, -0.1) is 0 Å². The van der Waals surface area contributed by atoms with Crippen molar-refractivity contribution in [3.63, 3.8) is 0 Å². The van der Waals surface area contributed by atoms with Crippen LogP contribution in [-0.2, 0) is 0 Å². The smallest absolute Gasteiger partial charge is 0.170 e. The number of hydrogen-bond donors (Lipinski definition) is 2. The van der Waals surface area contributed by atoms with Crippen LogP contribution in [0, 0.1) is 6.92 Å². The molecule has 0 heterocycles. The normalized spacial score (nSPS) is 13.6. The molecule has 0 saturated carbocycles. The standard InChI is InChI=1S/C12H18N2O2/c1-4-9(3)16-10-5-6-11(8(2)7-10)12(13)14-15/h5-7,9,15H,4H2,1-3H3,(H2,13,14). The minimum absolute atomic E-state index is 0.118. The van der Waals surface area contributed by atoms with Gasteiger partial charge in [0.1, 0.15) is 5.75 Å². The van der Waals surface area contributed by atoms with E-state index in [1.54, 1.807) is 6.07 Å². The molecule has 0 amide bonds. The molecule has 1 unspecified atom stereocenters. The average molecular weight is 222 g/mol. The van der Waals surface area contributed by atoms with Gasteiger partial charge >= 0.3 is 0 Å². The second-order valence-corrected chi connectivity index (χ2v) is 3.80. The second kappa shape index (κ2) is 5.39. The predicted octanol–water partition coefficient (Wildman–Crippen LogP) is 2.27.